The summed E-state index contributed by atoms with van der Waals surface area (Å²) in [5, 5.41) is 11.2. The SMILES string of the molecule is O=C(O)CCCCCCCCCCCc1ccc2ccccc2c1. The van der Waals surface area contributed by atoms with Crippen LogP contribution in [0.25, 0.3) is 10.8 Å². The maximum absolute atomic E-state index is 10.4. The Morgan fingerprint density at radius 1 is 0.708 bits per heavy atom. The summed E-state index contributed by atoms with van der Waals surface area (Å²) in [5.41, 5.74) is 1.45. The van der Waals surface area contributed by atoms with E-state index in [1.807, 2.05) is 0 Å². The summed E-state index contributed by atoms with van der Waals surface area (Å²) in [5.74, 6) is -0.665. The first-order valence-corrected chi connectivity index (χ1v) is 9.45. The van der Waals surface area contributed by atoms with Gasteiger partial charge in [0.05, 0.1) is 0 Å². The van der Waals surface area contributed by atoms with Crippen molar-refractivity contribution in [2.24, 2.45) is 0 Å². The number of aryl methyl sites for hydroxylation is 1. The van der Waals surface area contributed by atoms with E-state index in [1.165, 1.54) is 67.7 Å². The van der Waals surface area contributed by atoms with E-state index >= 15 is 0 Å². The molecule has 0 unspecified atom stereocenters. The molecule has 2 rings (SSSR count). The van der Waals surface area contributed by atoms with E-state index in [-0.39, 0.29) is 0 Å². The third-order valence-corrected chi connectivity index (χ3v) is 4.67. The summed E-state index contributed by atoms with van der Waals surface area (Å²) in [6.45, 7) is 0. The van der Waals surface area contributed by atoms with E-state index in [0.717, 1.165) is 12.8 Å². The van der Waals surface area contributed by atoms with Crippen molar-refractivity contribution in [3.8, 4) is 0 Å². The fourth-order valence-corrected chi connectivity index (χ4v) is 3.24. The molecule has 0 atom stereocenters. The van der Waals surface area contributed by atoms with Gasteiger partial charge in [0, 0.05) is 6.42 Å². The second-order valence-corrected chi connectivity index (χ2v) is 6.76. The Kier molecular flexibility index (Phi) is 8.37. The smallest absolute Gasteiger partial charge is 0.303 e. The Labute approximate surface area is 145 Å². The zero-order valence-electron chi connectivity index (χ0n) is 14.7. The van der Waals surface area contributed by atoms with Crippen LogP contribution in [-0.2, 0) is 11.2 Å². The number of carboxylic acids is 1. The van der Waals surface area contributed by atoms with Crippen LogP contribution in [0.15, 0.2) is 42.5 Å². The molecule has 0 fully saturated rings. The number of fused-ring (bicyclic) bond motifs is 1. The first kappa shape index (κ1) is 18.5. The zero-order chi connectivity index (χ0) is 17.0. The molecule has 0 aliphatic carbocycles. The number of carbonyl (C=O) groups is 1. The number of aliphatic carboxylic acids is 1. The van der Waals surface area contributed by atoms with Crippen molar-refractivity contribution in [2.75, 3.05) is 0 Å². The van der Waals surface area contributed by atoms with Crippen molar-refractivity contribution in [1.82, 2.24) is 0 Å². The minimum Gasteiger partial charge on any atom is -0.481 e. The molecule has 2 aromatic carbocycles. The molecular weight excluding hydrogens is 296 g/mol. The summed E-state index contributed by atoms with van der Waals surface area (Å²) in [6, 6.07) is 15.4. The maximum Gasteiger partial charge on any atom is 0.303 e. The predicted molar refractivity (Wildman–Crippen MR) is 101 cm³/mol. The average molecular weight is 326 g/mol. The van der Waals surface area contributed by atoms with Crippen molar-refractivity contribution in [3.63, 3.8) is 0 Å². The van der Waals surface area contributed by atoms with Crippen LogP contribution in [0.2, 0.25) is 0 Å². The second-order valence-electron chi connectivity index (χ2n) is 6.76. The lowest BCUT2D eigenvalue weighted by molar-refractivity contribution is -0.137. The third kappa shape index (κ3) is 7.16. The zero-order valence-corrected chi connectivity index (χ0v) is 14.7. The molecule has 0 aliphatic heterocycles. The molecule has 130 valence electrons. The molecule has 24 heavy (non-hydrogen) atoms. The molecule has 1 N–H and O–H groups in total. The van der Waals surface area contributed by atoms with E-state index in [4.69, 9.17) is 5.11 Å². The van der Waals surface area contributed by atoms with Gasteiger partial charge in [-0.2, -0.15) is 0 Å². The molecule has 2 nitrogen and oxygen atoms in total. The average Bonchev–Trinajstić information content (AvgIpc) is 2.59. The van der Waals surface area contributed by atoms with Gasteiger partial charge in [-0.3, -0.25) is 4.79 Å². The lowest BCUT2D eigenvalue weighted by Gasteiger charge is -2.05. The molecule has 0 amide bonds. The minimum absolute atomic E-state index is 0.328. The van der Waals surface area contributed by atoms with Crippen LogP contribution in [-0.4, -0.2) is 11.1 Å². The van der Waals surface area contributed by atoms with Gasteiger partial charge in [-0.25, -0.2) is 0 Å². The molecule has 0 saturated carbocycles. The summed E-state index contributed by atoms with van der Waals surface area (Å²) in [7, 11) is 0. The van der Waals surface area contributed by atoms with E-state index in [0.29, 0.717) is 6.42 Å². The van der Waals surface area contributed by atoms with Gasteiger partial charge < -0.3 is 5.11 Å². The number of benzene rings is 2. The van der Waals surface area contributed by atoms with Gasteiger partial charge in [0.25, 0.3) is 0 Å². The standard InChI is InChI=1S/C22H30O2/c23-22(24)15-9-7-5-3-1-2-4-6-8-12-19-16-17-20-13-10-11-14-21(20)18-19/h10-11,13-14,16-18H,1-9,12,15H2,(H,23,24). The van der Waals surface area contributed by atoms with Gasteiger partial charge in [-0.05, 0) is 35.6 Å². The lowest BCUT2D eigenvalue weighted by atomic mass is 10.0. The van der Waals surface area contributed by atoms with Crippen LogP contribution in [0.3, 0.4) is 0 Å². The largest absolute Gasteiger partial charge is 0.481 e. The predicted octanol–water partition coefficient (Wildman–Crippen LogP) is 6.37. The first-order valence-electron chi connectivity index (χ1n) is 9.45. The normalized spacial score (nSPS) is 11.0. The quantitative estimate of drug-likeness (QED) is 0.460. The van der Waals surface area contributed by atoms with Crippen molar-refractivity contribution >= 4 is 16.7 Å². The monoisotopic (exact) mass is 326 g/mol. The highest BCUT2D eigenvalue weighted by Crippen LogP contribution is 2.18. The maximum atomic E-state index is 10.4. The minimum atomic E-state index is -0.665. The van der Waals surface area contributed by atoms with E-state index in [9.17, 15) is 4.79 Å². The number of rotatable bonds is 12. The third-order valence-electron chi connectivity index (χ3n) is 4.67. The molecule has 0 aromatic heterocycles. The Hall–Kier alpha value is -1.83. The van der Waals surface area contributed by atoms with Gasteiger partial charge >= 0.3 is 5.97 Å². The molecule has 0 saturated heterocycles. The van der Waals surface area contributed by atoms with Crippen LogP contribution < -0.4 is 0 Å². The molecule has 0 spiro atoms. The second kappa shape index (κ2) is 10.9. The van der Waals surface area contributed by atoms with Gasteiger partial charge in [-0.1, -0.05) is 87.4 Å². The van der Waals surface area contributed by atoms with Gasteiger partial charge in [-0.15, -0.1) is 0 Å². The number of unbranched alkanes of at least 4 members (excludes halogenated alkanes) is 8. The highest BCUT2D eigenvalue weighted by atomic mass is 16.4. The van der Waals surface area contributed by atoms with Crippen molar-refractivity contribution in [2.45, 2.75) is 70.6 Å². The summed E-state index contributed by atoms with van der Waals surface area (Å²) < 4.78 is 0. The number of hydrogen-bond acceptors (Lipinski definition) is 1. The molecule has 0 bridgehead atoms. The van der Waals surface area contributed by atoms with E-state index in [2.05, 4.69) is 42.5 Å². The fraction of sp³-hybridized carbons (Fsp3) is 0.500. The molecule has 2 aromatic rings. The molecular formula is C22H30O2. The number of hydrogen-bond donors (Lipinski definition) is 1. The number of carboxylic acid groups (broad SMARTS) is 1. The van der Waals surface area contributed by atoms with Crippen molar-refractivity contribution < 1.29 is 9.90 Å². The highest BCUT2D eigenvalue weighted by Gasteiger charge is 1.98. The lowest BCUT2D eigenvalue weighted by Crippen LogP contribution is -1.93. The molecule has 2 heteroatoms. The molecule has 0 heterocycles. The van der Waals surface area contributed by atoms with Crippen LogP contribution in [0.5, 0.6) is 0 Å². The fourth-order valence-electron chi connectivity index (χ4n) is 3.24. The Morgan fingerprint density at radius 2 is 1.29 bits per heavy atom. The van der Waals surface area contributed by atoms with E-state index < -0.39 is 5.97 Å². The highest BCUT2D eigenvalue weighted by molar-refractivity contribution is 5.82. The summed E-state index contributed by atoms with van der Waals surface area (Å²) in [4.78, 5) is 10.4. The molecule has 0 radical (unpaired) electrons. The Balaban J connectivity index is 1.48. The Bertz CT molecular complexity index is 618. The topological polar surface area (TPSA) is 37.3 Å². The van der Waals surface area contributed by atoms with Gasteiger partial charge in [0.15, 0.2) is 0 Å². The summed E-state index contributed by atoms with van der Waals surface area (Å²) >= 11 is 0. The van der Waals surface area contributed by atoms with Crippen LogP contribution in [0.1, 0.15) is 69.8 Å². The van der Waals surface area contributed by atoms with Gasteiger partial charge in [0.2, 0.25) is 0 Å². The van der Waals surface area contributed by atoms with Crippen LogP contribution in [0.4, 0.5) is 0 Å². The van der Waals surface area contributed by atoms with Crippen molar-refractivity contribution in [3.05, 3.63) is 48.0 Å². The van der Waals surface area contributed by atoms with Crippen LogP contribution in [0, 0.1) is 0 Å². The first-order chi connectivity index (χ1) is 11.8. The van der Waals surface area contributed by atoms with Crippen LogP contribution >= 0.6 is 0 Å². The van der Waals surface area contributed by atoms with Crippen molar-refractivity contribution in [1.29, 1.82) is 0 Å². The Morgan fingerprint density at radius 3 is 1.96 bits per heavy atom. The van der Waals surface area contributed by atoms with Gasteiger partial charge in [0.1, 0.15) is 0 Å². The summed E-state index contributed by atoms with van der Waals surface area (Å²) in [6.07, 6.45) is 12.4. The van der Waals surface area contributed by atoms with E-state index in [1.54, 1.807) is 0 Å². The molecule has 0 aliphatic rings.